The van der Waals surface area contributed by atoms with Crippen LogP contribution in [0, 0.1) is 18.7 Å². The zero-order chi connectivity index (χ0) is 22.9. The van der Waals surface area contributed by atoms with Crippen LogP contribution in [0.3, 0.4) is 0 Å². The van der Waals surface area contributed by atoms with Crippen LogP contribution in [-0.4, -0.2) is 34.5 Å². The molecule has 0 radical (unpaired) electrons. The molecule has 6 nitrogen and oxygen atoms in total. The third-order valence-electron chi connectivity index (χ3n) is 6.91. The fourth-order valence-electron chi connectivity index (χ4n) is 5.02. The number of benzene rings is 1. The summed E-state index contributed by atoms with van der Waals surface area (Å²) in [5.74, 6) is -0.526. The van der Waals surface area contributed by atoms with Gasteiger partial charge in [0.05, 0.1) is 5.02 Å². The largest absolute Gasteiger partial charge is 0.484 e. The lowest BCUT2D eigenvalue weighted by molar-refractivity contribution is -0.127. The normalized spacial score (nSPS) is 26.4. The van der Waals surface area contributed by atoms with E-state index in [0.29, 0.717) is 5.69 Å². The molecule has 32 heavy (non-hydrogen) atoms. The Balaban J connectivity index is 1.34. The first-order valence-corrected chi connectivity index (χ1v) is 11.2. The van der Waals surface area contributed by atoms with Gasteiger partial charge in [-0.1, -0.05) is 24.6 Å². The summed E-state index contributed by atoms with van der Waals surface area (Å²) >= 11 is 5.67. The van der Waals surface area contributed by atoms with Crippen molar-refractivity contribution in [1.29, 1.82) is 0 Å². The van der Waals surface area contributed by atoms with Crippen LogP contribution in [0.1, 0.15) is 55.1 Å². The van der Waals surface area contributed by atoms with E-state index in [9.17, 15) is 14.0 Å². The first-order chi connectivity index (χ1) is 15.2. The van der Waals surface area contributed by atoms with E-state index in [1.165, 1.54) is 12.1 Å². The summed E-state index contributed by atoms with van der Waals surface area (Å²) in [5.41, 5.74) is 0.838. The Morgan fingerprint density at radius 3 is 2.56 bits per heavy atom. The summed E-state index contributed by atoms with van der Waals surface area (Å²) in [5, 5.41) is 6.40. The Labute approximate surface area is 191 Å². The van der Waals surface area contributed by atoms with Crippen LogP contribution in [0.15, 0.2) is 36.5 Å². The molecule has 1 aromatic carbocycles. The first kappa shape index (κ1) is 22.5. The Morgan fingerprint density at radius 2 is 1.94 bits per heavy atom. The van der Waals surface area contributed by atoms with Crippen molar-refractivity contribution in [3.8, 4) is 5.75 Å². The van der Waals surface area contributed by atoms with Gasteiger partial charge in [0.1, 0.15) is 17.3 Å². The van der Waals surface area contributed by atoms with Crippen molar-refractivity contribution in [2.45, 2.75) is 57.0 Å². The van der Waals surface area contributed by atoms with Gasteiger partial charge < -0.3 is 15.4 Å². The number of amides is 2. The zero-order valence-electron chi connectivity index (χ0n) is 18.2. The third-order valence-corrected chi connectivity index (χ3v) is 7.22. The Bertz CT molecular complexity index is 1020. The number of nitrogens with zero attached hydrogens (tertiary/aromatic N) is 1. The van der Waals surface area contributed by atoms with E-state index in [-0.39, 0.29) is 46.2 Å². The average Bonchev–Trinajstić information content (AvgIpc) is 2.76. The van der Waals surface area contributed by atoms with E-state index in [1.807, 2.05) is 13.0 Å². The summed E-state index contributed by atoms with van der Waals surface area (Å²) in [4.78, 5) is 29.6. The second kappa shape index (κ2) is 8.70. The van der Waals surface area contributed by atoms with Gasteiger partial charge >= 0.3 is 0 Å². The lowest BCUT2D eigenvalue weighted by Gasteiger charge is -2.57. The molecule has 2 amide bonds. The fraction of sp³-hybridized carbons (Fsp3) is 0.458. The van der Waals surface area contributed by atoms with Crippen LogP contribution < -0.4 is 15.4 Å². The molecule has 2 bridgehead atoms. The number of pyridine rings is 1. The zero-order valence-corrected chi connectivity index (χ0v) is 19.0. The van der Waals surface area contributed by atoms with Gasteiger partial charge in [0.25, 0.3) is 11.8 Å². The molecule has 1 atom stereocenters. The third kappa shape index (κ3) is 4.58. The van der Waals surface area contributed by atoms with Gasteiger partial charge in [0.15, 0.2) is 6.61 Å². The maximum absolute atomic E-state index is 13.5. The van der Waals surface area contributed by atoms with Crippen molar-refractivity contribution < 1.29 is 18.7 Å². The van der Waals surface area contributed by atoms with E-state index in [4.69, 9.17) is 16.3 Å². The molecule has 0 spiro atoms. The van der Waals surface area contributed by atoms with Crippen molar-refractivity contribution in [3.63, 3.8) is 0 Å². The molecule has 3 saturated carbocycles. The number of nitrogens with one attached hydrogen (secondary N) is 2. The number of hydrogen-bond donors (Lipinski definition) is 2. The lowest BCUT2D eigenvalue weighted by atomic mass is 9.56. The lowest BCUT2D eigenvalue weighted by Crippen LogP contribution is -2.67. The van der Waals surface area contributed by atoms with Crippen molar-refractivity contribution in [1.82, 2.24) is 15.6 Å². The molecule has 5 rings (SSSR count). The minimum Gasteiger partial charge on any atom is -0.484 e. The second-order valence-corrected chi connectivity index (χ2v) is 9.54. The topological polar surface area (TPSA) is 80.3 Å². The molecular formula is C24H27ClFN3O3. The maximum atomic E-state index is 13.5. The van der Waals surface area contributed by atoms with Gasteiger partial charge in [0.2, 0.25) is 0 Å². The smallest absolute Gasteiger partial charge is 0.270 e. The van der Waals surface area contributed by atoms with Gasteiger partial charge in [0, 0.05) is 23.3 Å². The van der Waals surface area contributed by atoms with Crippen molar-refractivity contribution >= 4 is 23.4 Å². The number of carbonyl (C=O) groups excluding carboxylic acids is 2. The number of carbonyl (C=O) groups is 2. The highest BCUT2D eigenvalue weighted by molar-refractivity contribution is 6.30. The van der Waals surface area contributed by atoms with Gasteiger partial charge in [-0.2, -0.15) is 0 Å². The Morgan fingerprint density at radius 1 is 1.19 bits per heavy atom. The van der Waals surface area contributed by atoms with Gasteiger partial charge in [-0.15, -0.1) is 0 Å². The molecule has 170 valence electrons. The average molecular weight is 460 g/mol. The number of rotatable bonds is 6. The van der Waals surface area contributed by atoms with Gasteiger partial charge in [-0.3, -0.25) is 14.6 Å². The predicted molar refractivity (Wildman–Crippen MR) is 119 cm³/mol. The molecule has 3 aliphatic rings. The van der Waals surface area contributed by atoms with Gasteiger partial charge in [-0.05, 0) is 68.7 Å². The summed E-state index contributed by atoms with van der Waals surface area (Å²) in [6, 6.07) is 7.71. The van der Waals surface area contributed by atoms with Crippen LogP contribution in [0.4, 0.5) is 4.39 Å². The highest BCUT2D eigenvalue weighted by Gasteiger charge is 2.54. The molecule has 0 unspecified atom stereocenters. The summed E-state index contributed by atoms with van der Waals surface area (Å²) in [6.45, 7) is 3.86. The SMILES string of the molecule is Cc1ccc(C(=O)NC23CCC(NC(=O)COc4ccc(Cl)c(F)c4)(CC2)C[C@@H]3C)nc1. The van der Waals surface area contributed by atoms with E-state index in [2.05, 4.69) is 22.5 Å². The van der Waals surface area contributed by atoms with E-state index >= 15 is 0 Å². The minimum atomic E-state index is -0.587. The van der Waals surface area contributed by atoms with Crippen LogP contribution in [0.25, 0.3) is 0 Å². The Kier molecular flexibility index (Phi) is 6.12. The first-order valence-electron chi connectivity index (χ1n) is 10.8. The number of aromatic nitrogens is 1. The molecule has 3 fully saturated rings. The molecule has 1 heterocycles. The van der Waals surface area contributed by atoms with Crippen molar-refractivity contribution in [2.24, 2.45) is 5.92 Å². The number of aryl methyl sites for hydroxylation is 1. The standard InChI is InChI=1S/C24H27ClFN3O3/c1-15-3-6-20(27-13-15)22(31)29-24-9-7-23(8-10-24,12-16(24)2)28-21(30)14-32-17-4-5-18(25)19(26)11-17/h3-6,11,13,16H,7-10,12,14H2,1-2H3,(H,28,30)(H,29,31)/t16-,23?,24?/m0/s1. The fourth-order valence-corrected chi connectivity index (χ4v) is 5.13. The summed E-state index contributed by atoms with van der Waals surface area (Å²) in [7, 11) is 0. The second-order valence-electron chi connectivity index (χ2n) is 9.13. The van der Waals surface area contributed by atoms with Gasteiger partial charge in [-0.25, -0.2) is 4.39 Å². The van der Waals surface area contributed by atoms with Crippen LogP contribution >= 0.6 is 11.6 Å². The van der Waals surface area contributed by atoms with Crippen molar-refractivity contribution in [2.75, 3.05) is 6.61 Å². The van der Waals surface area contributed by atoms with Crippen LogP contribution in [0.5, 0.6) is 5.75 Å². The van der Waals surface area contributed by atoms with Crippen LogP contribution in [-0.2, 0) is 4.79 Å². The van der Waals surface area contributed by atoms with Crippen molar-refractivity contribution in [3.05, 3.63) is 58.6 Å². The summed E-state index contributed by atoms with van der Waals surface area (Å²) in [6.07, 6.45) is 5.60. The van der Waals surface area contributed by atoms with E-state index in [1.54, 1.807) is 12.3 Å². The highest BCUT2D eigenvalue weighted by atomic mass is 35.5. The van der Waals surface area contributed by atoms with E-state index < -0.39 is 5.82 Å². The number of ether oxygens (including phenoxy) is 1. The number of halogens is 2. The van der Waals surface area contributed by atoms with E-state index in [0.717, 1.165) is 43.7 Å². The molecular weight excluding hydrogens is 433 g/mol. The highest BCUT2D eigenvalue weighted by Crippen LogP contribution is 2.50. The monoisotopic (exact) mass is 459 g/mol. The van der Waals surface area contributed by atoms with Crippen LogP contribution in [0.2, 0.25) is 5.02 Å². The molecule has 3 aliphatic carbocycles. The molecule has 2 aromatic rings. The molecule has 8 heteroatoms. The number of hydrogen-bond acceptors (Lipinski definition) is 4. The Hall–Kier alpha value is -2.67. The molecule has 0 saturated heterocycles. The maximum Gasteiger partial charge on any atom is 0.270 e. The molecule has 1 aromatic heterocycles. The summed E-state index contributed by atoms with van der Waals surface area (Å²) < 4.78 is 19.0. The molecule has 2 N–H and O–H groups in total. The quantitative estimate of drug-likeness (QED) is 0.678. The predicted octanol–water partition coefficient (Wildman–Crippen LogP) is 4.20. The molecule has 0 aliphatic heterocycles. The number of fused-ring (bicyclic) bond motifs is 3. The minimum absolute atomic E-state index is 0.00724.